The molecule has 1 unspecified atom stereocenters. The smallest absolute Gasteiger partial charge is 0.272 e. The molecule has 1 amide bonds. The van der Waals surface area contributed by atoms with Gasteiger partial charge in [-0.1, -0.05) is 26.8 Å². The molecule has 2 heterocycles. The van der Waals surface area contributed by atoms with Crippen molar-refractivity contribution in [3.63, 3.8) is 0 Å². The second-order valence-electron chi connectivity index (χ2n) is 7.11. The third-order valence-corrected chi connectivity index (χ3v) is 4.38. The van der Waals surface area contributed by atoms with Crippen LogP contribution >= 0.6 is 0 Å². The Balaban J connectivity index is 1.95. The van der Waals surface area contributed by atoms with Gasteiger partial charge in [-0.25, -0.2) is 4.98 Å². The van der Waals surface area contributed by atoms with Crippen LogP contribution in [0, 0.1) is 5.41 Å². The standard InChI is InChI=1S/C17H23N3O/c1-11(17(2,3)4)18-16(21)14-13-7-5-6-10-20(13)15(19-14)12-8-9-12/h5-7,10-12H,8-9H2,1-4H3,(H,18,21). The molecule has 0 radical (unpaired) electrons. The first-order valence-corrected chi connectivity index (χ1v) is 7.66. The second kappa shape index (κ2) is 4.86. The Kier molecular flexibility index (Phi) is 3.27. The molecule has 1 N–H and O–H groups in total. The molecule has 1 atom stereocenters. The van der Waals surface area contributed by atoms with E-state index in [1.807, 2.05) is 31.3 Å². The third-order valence-electron chi connectivity index (χ3n) is 4.38. The van der Waals surface area contributed by atoms with Gasteiger partial charge in [0.15, 0.2) is 5.69 Å². The number of hydrogen-bond donors (Lipinski definition) is 1. The highest BCUT2D eigenvalue weighted by Gasteiger charge is 2.31. The fraction of sp³-hybridized carbons (Fsp3) is 0.529. The van der Waals surface area contributed by atoms with E-state index in [0.717, 1.165) is 11.3 Å². The lowest BCUT2D eigenvalue weighted by Crippen LogP contribution is -2.41. The Bertz CT molecular complexity index is 677. The van der Waals surface area contributed by atoms with E-state index in [-0.39, 0.29) is 17.4 Å². The summed E-state index contributed by atoms with van der Waals surface area (Å²) in [6.45, 7) is 8.41. The van der Waals surface area contributed by atoms with Crippen molar-refractivity contribution in [1.82, 2.24) is 14.7 Å². The molecule has 112 valence electrons. The van der Waals surface area contributed by atoms with Crippen LogP contribution in [0.2, 0.25) is 0 Å². The van der Waals surface area contributed by atoms with Crippen LogP contribution < -0.4 is 5.32 Å². The van der Waals surface area contributed by atoms with Crippen LogP contribution in [0.1, 0.15) is 62.8 Å². The summed E-state index contributed by atoms with van der Waals surface area (Å²) in [5.74, 6) is 1.47. The lowest BCUT2D eigenvalue weighted by Gasteiger charge is -2.27. The summed E-state index contributed by atoms with van der Waals surface area (Å²) in [6, 6.07) is 6.00. The van der Waals surface area contributed by atoms with Gasteiger partial charge < -0.3 is 9.72 Å². The van der Waals surface area contributed by atoms with Crippen LogP contribution in [0.5, 0.6) is 0 Å². The summed E-state index contributed by atoms with van der Waals surface area (Å²) in [5.41, 5.74) is 1.48. The van der Waals surface area contributed by atoms with E-state index in [0.29, 0.717) is 11.6 Å². The van der Waals surface area contributed by atoms with Crippen molar-refractivity contribution in [2.24, 2.45) is 5.41 Å². The van der Waals surface area contributed by atoms with Crippen molar-refractivity contribution in [2.75, 3.05) is 0 Å². The van der Waals surface area contributed by atoms with Crippen LogP contribution in [-0.4, -0.2) is 21.3 Å². The number of carbonyl (C=O) groups is 1. The van der Waals surface area contributed by atoms with E-state index in [2.05, 4.69) is 35.5 Å². The van der Waals surface area contributed by atoms with Gasteiger partial charge in [0.2, 0.25) is 0 Å². The maximum Gasteiger partial charge on any atom is 0.272 e. The highest BCUT2D eigenvalue weighted by atomic mass is 16.2. The zero-order valence-electron chi connectivity index (χ0n) is 13.2. The molecule has 2 aromatic rings. The van der Waals surface area contributed by atoms with E-state index in [1.54, 1.807) is 0 Å². The van der Waals surface area contributed by atoms with Crippen LogP contribution in [0.25, 0.3) is 5.52 Å². The van der Waals surface area contributed by atoms with E-state index >= 15 is 0 Å². The Morgan fingerprint density at radius 3 is 2.71 bits per heavy atom. The molecule has 1 fully saturated rings. The molecule has 4 heteroatoms. The molecule has 0 aliphatic heterocycles. The predicted octanol–water partition coefficient (Wildman–Crippen LogP) is 3.38. The van der Waals surface area contributed by atoms with Gasteiger partial charge in [-0.3, -0.25) is 4.79 Å². The lowest BCUT2D eigenvalue weighted by atomic mass is 9.88. The maximum atomic E-state index is 12.6. The molecule has 1 saturated carbocycles. The summed E-state index contributed by atoms with van der Waals surface area (Å²) in [7, 11) is 0. The minimum Gasteiger partial charge on any atom is -0.348 e. The topological polar surface area (TPSA) is 46.4 Å². The van der Waals surface area contributed by atoms with Crippen molar-refractivity contribution in [1.29, 1.82) is 0 Å². The second-order valence-corrected chi connectivity index (χ2v) is 7.11. The minimum atomic E-state index is -0.0759. The summed E-state index contributed by atoms with van der Waals surface area (Å²) in [5, 5.41) is 3.09. The fourth-order valence-electron chi connectivity index (χ4n) is 2.34. The SMILES string of the molecule is CC(NC(=O)c1nc(C2CC2)n2ccccc12)C(C)(C)C. The zero-order chi connectivity index (χ0) is 15.2. The minimum absolute atomic E-state index is 0.0323. The quantitative estimate of drug-likeness (QED) is 0.939. The highest BCUT2D eigenvalue weighted by molar-refractivity contribution is 5.99. The van der Waals surface area contributed by atoms with Gasteiger partial charge in [0, 0.05) is 18.2 Å². The lowest BCUT2D eigenvalue weighted by molar-refractivity contribution is 0.0907. The molecule has 1 aliphatic carbocycles. The molecule has 0 saturated heterocycles. The molecule has 3 rings (SSSR count). The number of fused-ring (bicyclic) bond motifs is 1. The molecule has 1 aliphatic rings. The molecule has 2 aromatic heterocycles. The number of amides is 1. The Morgan fingerprint density at radius 2 is 2.10 bits per heavy atom. The van der Waals surface area contributed by atoms with Gasteiger partial charge in [0.1, 0.15) is 5.82 Å². The van der Waals surface area contributed by atoms with Crippen LogP contribution in [-0.2, 0) is 0 Å². The average Bonchev–Trinajstić information content (AvgIpc) is 3.18. The van der Waals surface area contributed by atoms with Gasteiger partial charge in [-0.15, -0.1) is 0 Å². The number of rotatable bonds is 3. The number of nitrogens with zero attached hydrogens (tertiary/aromatic N) is 2. The normalized spacial score (nSPS) is 17.0. The summed E-state index contributed by atoms with van der Waals surface area (Å²) >= 11 is 0. The number of nitrogens with one attached hydrogen (secondary N) is 1. The van der Waals surface area contributed by atoms with E-state index in [4.69, 9.17) is 0 Å². The number of pyridine rings is 1. The van der Waals surface area contributed by atoms with Crippen molar-refractivity contribution in [2.45, 2.75) is 52.5 Å². The Hall–Kier alpha value is -1.84. The third kappa shape index (κ3) is 2.67. The van der Waals surface area contributed by atoms with Crippen LogP contribution in [0.3, 0.4) is 0 Å². The van der Waals surface area contributed by atoms with Gasteiger partial charge in [-0.05, 0) is 37.3 Å². The Morgan fingerprint density at radius 1 is 1.38 bits per heavy atom. The highest BCUT2D eigenvalue weighted by Crippen LogP contribution is 2.40. The van der Waals surface area contributed by atoms with E-state index < -0.39 is 0 Å². The van der Waals surface area contributed by atoms with Crippen LogP contribution in [0.4, 0.5) is 0 Å². The summed E-state index contributed by atoms with van der Waals surface area (Å²) < 4.78 is 2.06. The van der Waals surface area contributed by atoms with Crippen molar-refractivity contribution in [3.05, 3.63) is 35.9 Å². The van der Waals surface area contributed by atoms with Gasteiger partial charge in [-0.2, -0.15) is 0 Å². The van der Waals surface area contributed by atoms with E-state index in [1.165, 1.54) is 12.8 Å². The molecular formula is C17H23N3O. The largest absolute Gasteiger partial charge is 0.348 e. The first-order valence-electron chi connectivity index (χ1n) is 7.66. The molecule has 21 heavy (non-hydrogen) atoms. The monoisotopic (exact) mass is 285 g/mol. The van der Waals surface area contributed by atoms with E-state index in [9.17, 15) is 4.79 Å². The Labute approximate surface area is 125 Å². The molecular weight excluding hydrogens is 262 g/mol. The van der Waals surface area contributed by atoms with Crippen molar-refractivity contribution < 1.29 is 4.79 Å². The zero-order valence-corrected chi connectivity index (χ0v) is 13.2. The number of aromatic nitrogens is 2. The fourth-order valence-corrected chi connectivity index (χ4v) is 2.34. The van der Waals surface area contributed by atoms with Crippen molar-refractivity contribution >= 4 is 11.4 Å². The van der Waals surface area contributed by atoms with Gasteiger partial charge in [0.25, 0.3) is 5.91 Å². The molecule has 4 nitrogen and oxygen atoms in total. The molecule has 0 aromatic carbocycles. The average molecular weight is 285 g/mol. The summed E-state index contributed by atoms with van der Waals surface area (Å²) in [6.07, 6.45) is 4.35. The predicted molar refractivity (Wildman–Crippen MR) is 83.6 cm³/mol. The van der Waals surface area contributed by atoms with Gasteiger partial charge in [0.05, 0.1) is 5.52 Å². The van der Waals surface area contributed by atoms with Crippen molar-refractivity contribution in [3.8, 4) is 0 Å². The maximum absolute atomic E-state index is 12.6. The van der Waals surface area contributed by atoms with Gasteiger partial charge >= 0.3 is 0 Å². The molecule has 0 spiro atoms. The summed E-state index contributed by atoms with van der Waals surface area (Å²) in [4.78, 5) is 17.2. The number of carbonyl (C=O) groups excluding carboxylic acids is 1. The number of hydrogen-bond acceptors (Lipinski definition) is 2. The first kappa shape index (κ1) is 14.1. The first-order chi connectivity index (χ1) is 9.88. The van der Waals surface area contributed by atoms with Crippen LogP contribution in [0.15, 0.2) is 24.4 Å². The molecule has 0 bridgehead atoms. The number of imidazole rings is 1.